The van der Waals surface area contributed by atoms with Crippen LogP contribution in [0.1, 0.15) is 10.6 Å². The molecule has 0 bridgehead atoms. The summed E-state index contributed by atoms with van der Waals surface area (Å²) in [7, 11) is 3.07. The van der Waals surface area contributed by atoms with Gasteiger partial charge in [-0.05, 0) is 36.4 Å². The number of carbonyl (C=O) groups excluding carboxylic acids is 1. The van der Waals surface area contributed by atoms with E-state index in [4.69, 9.17) is 30.0 Å². The number of ether oxygens (including phenoxy) is 2. The number of nitrogens with one attached hydrogen (secondary N) is 1. The van der Waals surface area contributed by atoms with Crippen LogP contribution in [0.3, 0.4) is 0 Å². The molecule has 1 N–H and O–H groups in total. The van der Waals surface area contributed by atoms with Gasteiger partial charge < -0.3 is 18.4 Å². The molecule has 4 rings (SSSR count). The van der Waals surface area contributed by atoms with Gasteiger partial charge in [0.05, 0.1) is 19.6 Å². The molecule has 2 heterocycles. The van der Waals surface area contributed by atoms with Crippen LogP contribution in [0, 0.1) is 0 Å². The Morgan fingerprint density at radius 3 is 2.60 bits per heavy atom. The maximum absolute atomic E-state index is 12.5. The molecule has 0 radical (unpaired) electrons. The first-order chi connectivity index (χ1) is 14.5. The highest BCUT2D eigenvalue weighted by Crippen LogP contribution is 2.32. The molecular formula is C21H15ClN2O6. The number of carbonyl (C=O) groups is 1. The average molecular weight is 427 g/mol. The minimum atomic E-state index is -0.654. The van der Waals surface area contributed by atoms with Crippen molar-refractivity contribution in [2.45, 2.75) is 0 Å². The third-order valence-corrected chi connectivity index (χ3v) is 4.57. The van der Waals surface area contributed by atoms with Crippen molar-refractivity contribution in [2.24, 2.45) is 0 Å². The zero-order valence-corrected chi connectivity index (χ0v) is 16.6. The molecule has 9 heteroatoms. The van der Waals surface area contributed by atoms with Crippen LogP contribution in [0.25, 0.3) is 22.2 Å². The number of methoxy groups -OCH3 is 2. The monoisotopic (exact) mass is 426 g/mol. The summed E-state index contributed by atoms with van der Waals surface area (Å²) in [5.74, 6) is 0.369. The number of anilines is 1. The van der Waals surface area contributed by atoms with Gasteiger partial charge in [0.15, 0.2) is 22.7 Å². The Balaban J connectivity index is 1.58. The lowest BCUT2D eigenvalue weighted by atomic mass is 10.1. The standard InChI is InChI=1S/C21H15ClN2O6/c1-27-17-5-3-11(7-18(17)28-2)14-9-20(30-24-14)23-21(26)19-10-15(25)13-8-12(22)4-6-16(13)29-19/h3-10H,1-2H3,(H,23,26). The highest BCUT2D eigenvalue weighted by molar-refractivity contribution is 6.31. The molecule has 2 aromatic carbocycles. The molecule has 152 valence electrons. The Morgan fingerprint density at radius 1 is 1.03 bits per heavy atom. The SMILES string of the molecule is COc1ccc(-c2cc(NC(=O)c3cc(=O)c4cc(Cl)ccc4o3)on2)cc1OC. The fourth-order valence-corrected chi connectivity index (χ4v) is 3.05. The number of fused-ring (bicyclic) bond motifs is 1. The molecule has 2 aromatic heterocycles. The summed E-state index contributed by atoms with van der Waals surface area (Å²) < 4.78 is 21.2. The lowest BCUT2D eigenvalue weighted by Crippen LogP contribution is -2.14. The molecule has 0 fully saturated rings. The van der Waals surface area contributed by atoms with Crippen molar-refractivity contribution in [2.75, 3.05) is 19.5 Å². The molecule has 1 amide bonds. The van der Waals surface area contributed by atoms with Gasteiger partial charge in [0, 0.05) is 22.7 Å². The molecule has 4 aromatic rings. The first-order valence-electron chi connectivity index (χ1n) is 8.72. The van der Waals surface area contributed by atoms with E-state index in [1.54, 1.807) is 31.4 Å². The zero-order valence-electron chi connectivity index (χ0n) is 15.9. The summed E-state index contributed by atoms with van der Waals surface area (Å²) in [4.78, 5) is 24.8. The maximum atomic E-state index is 12.5. The van der Waals surface area contributed by atoms with Gasteiger partial charge in [0.2, 0.25) is 5.88 Å². The van der Waals surface area contributed by atoms with Gasteiger partial charge in [-0.15, -0.1) is 0 Å². The molecule has 8 nitrogen and oxygen atoms in total. The molecule has 0 spiro atoms. The van der Waals surface area contributed by atoms with Crippen LogP contribution >= 0.6 is 11.6 Å². The minimum absolute atomic E-state index is 0.0867. The normalized spacial score (nSPS) is 10.8. The molecule has 0 atom stereocenters. The highest BCUT2D eigenvalue weighted by atomic mass is 35.5. The Labute approximate surface area is 174 Å². The smallest absolute Gasteiger partial charge is 0.293 e. The first-order valence-corrected chi connectivity index (χ1v) is 9.10. The van der Waals surface area contributed by atoms with Gasteiger partial charge in [-0.1, -0.05) is 16.8 Å². The van der Waals surface area contributed by atoms with Crippen LogP contribution in [0.15, 0.2) is 62.3 Å². The number of rotatable bonds is 5. The van der Waals surface area contributed by atoms with E-state index in [0.29, 0.717) is 27.8 Å². The third kappa shape index (κ3) is 3.72. The summed E-state index contributed by atoms with van der Waals surface area (Å²) in [6, 6.07) is 12.5. The van der Waals surface area contributed by atoms with E-state index in [2.05, 4.69) is 10.5 Å². The quantitative estimate of drug-likeness (QED) is 0.505. The van der Waals surface area contributed by atoms with Crippen LogP contribution < -0.4 is 20.2 Å². The Hall–Kier alpha value is -3.78. The van der Waals surface area contributed by atoms with Gasteiger partial charge in [-0.3, -0.25) is 14.9 Å². The second-order valence-electron chi connectivity index (χ2n) is 6.22. The van der Waals surface area contributed by atoms with E-state index >= 15 is 0 Å². The number of benzene rings is 2. The fourth-order valence-electron chi connectivity index (χ4n) is 2.88. The van der Waals surface area contributed by atoms with E-state index in [-0.39, 0.29) is 28.0 Å². The van der Waals surface area contributed by atoms with Crippen molar-refractivity contribution in [3.8, 4) is 22.8 Å². The first kappa shape index (κ1) is 19.5. The largest absolute Gasteiger partial charge is 0.493 e. The van der Waals surface area contributed by atoms with Crippen molar-refractivity contribution in [3.63, 3.8) is 0 Å². The lowest BCUT2D eigenvalue weighted by molar-refractivity contribution is 0.0994. The Morgan fingerprint density at radius 2 is 1.83 bits per heavy atom. The van der Waals surface area contributed by atoms with E-state index in [1.807, 2.05) is 0 Å². The van der Waals surface area contributed by atoms with Crippen LogP contribution in [-0.4, -0.2) is 25.3 Å². The molecular weight excluding hydrogens is 412 g/mol. The lowest BCUT2D eigenvalue weighted by Gasteiger charge is -2.07. The molecule has 0 saturated heterocycles. The van der Waals surface area contributed by atoms with E-state index < -0.39 is 5.91 Å². The Bertz CT molecular complexity index is 1310. The topological polar surface area (TPSA) is 104 Å². The number of halogens is 1. The minimum Gasteiger partial charge on any atom is -0.493 e. The van der Waals surface area contributed by atoms with Gasteiger partial charge >= 0.3 is 0 Å². The third-order valence-electron chi connectivity index (χ3n) is 4.34. The summed E-state index contributed by atoms with van der Waals surface area (Å²) in [6.45, 7) is 0. The summed E-state index contributed by atoms with van der Waals surface area (Å²) in [6.07, 6.45) is 0. The molecule has 0 unspecified atom stereocenters. The summed E-state index contributed by atoms with van der Waals surface area (Å²) in [5.41, 5.74) is 1.04. The van der Waals surface area contributed by atoms with Gasteiger partial charge in [0.1, 0.15) is 11.3 Å². The number of aromatic nitrogens is 1. The number of amides is 1. The maximum Gasteiger partial charge on any atom is 0.293 e. The predicted molar refractivity (Wildman–Crippen MR) is 110 cm³/mol. The van der Waals surface area contributed by atoms with Gasteiger partial charge in [-0.2, -0.15) is 0 Å². The molecule has 30 heavy (non-hydrogen) atoms. The van der Waals surface area contributed by atoms with Crippen LogP contribution in [0.4, 0.5) is 5.88 Å². The summed E-state index contributed by atoms with van der Waals surface area (Å²) in [5, 5.41) is 7.15. The number of hydrogen-bond acceptors (Lipinski definition) is 7. The van der Waals surface area contributed by atoms with E-state index in [1.165, 1.54) is 25.3 Å². The summed E-state index contributed by atoms with van der Waals surface area (Å²) >= 11 is 5.90. The van der Waals surface area contributed by atoms with Crippen molar-refractivity contribution >= 4 is 34.4 Å². The van der Waals surface area contributed by atoms with Crippen molar-refractivity contribution in [1.29, 1.82) is 0 Å². The van der Waals surface area contributed by atoms with Crippen molar-refractivity contribution < 1.29 is 23.2 Å². The second kappa shape index (κ2) is 7.92. The zero-order chi connectivity index (χ0) is 21.3. The Kier molecular flexibility index (Phi) is 5.16. The van der Waals surface area contributed by atoms with Crippen LogP contribution in [0.5, 0.6) is 11.5 Å². The second-order valence-corrected chi connectivity index (χ2v) is 6.65. The highest BCUT2D eigenvalue weighted by Gasteiger charge is 2.16. The van der Waals surface area contributed by atoms with Crippen molar-refractivity contribution in [1.82, 2.24) is 5.16 Å². The average Bonchev–Trinajstić information content (AvgIpc) is 3.22. The number of nitrogens with zero attached hydrogens (tertiary/aromatic N) is 1. The molecule has 0 aliphatic rings. The molecule has 0 aliphatic carbocycles. The van der Waals surface area contributed by atoms with Crippen LogP contribution in [0.2, 0.25) is 5.02 Å². The predicted octanol–water partition coefficient (Wildman–Crippen LogP) is 4.37. The van der Waals surface area contributed by atoms with Crippen molar-refractivity contribution in [3.05, 3.63) is 69.5 Å². The molecule has 0 saturated carbocycles. The van der Waals surface area contributed by atoms with Gasteiger partial charge in [-0.25, -0.2) is 0 Å². The van der Waals surface area contributed by atoms with E-state index in [0.717, 1.165) is 6.07 Å². The fraction of sp³-hybridized carbons (Fsp3) is 0.0952. The number of hydrogen-bond donors (Lipinski definition) is 1. The van der Waals surface area contributed by atoms with Crippen LogP contribution in [-0.2, 0) is 0 Å². The van der Waals surface area contributed by atoms with E-state index in [9.17, 15) is 9.59 Å². The molecule has 0 aliphatic heterocycles. The van der Waals surface area contributed by atoms with Gasteiger partial charge in [0.25, 0.3) is 5.91 Å².